The van der Waals surface area contributed by atoms with Crippen LogP contribution in [-0.2, 0) is 4.79 Å². The van der Waals surface area contributed by atoms with Crippen LogP contribution in [-0.4, -0.2) is 26.2 Å². The van der Waals surface area contributed by atoms with Crippen LogP contribution in [0.5, 0.6) is 17.2 Å². The first kappa shape index (κ1) is 20.6. The topological polar surface area (TPSA) is 56.8 Å². The third-order valence-electron chi connectivity index (χ3n) is 4.75. The fraction of sp³-hybridized carbons (Fsp3) is 0.409. The van der Waals surface area contributed by atoms with Gasteiger partial charge in [-0.25, -0.2) is 0 Å². The molecule has 0 aromatic heterocycles. The van der Waals surface area contributed by atoms with Crippen molar-refractivity contribution in [1.29, 1.82) is 0 Å². The first-order valence-corrected chi connectivity index (χ1v) is 9.16. The van der Waals surface area contributed by atoms with Gasteiger partial charge >= 0.3 is 0 Å². The van der Waals surface area contributed by atoms with Crippen LogP contribution >= 0.6 is 0 Å². The van der Waals surface area contributed by atoms with Gasteiger partial charge in [0.25, 0.3) is 5.91 Å². The third-order valence-corrected chi connectivity index (χ3v) is 4.75. The number of ether oxygens (including phenoxy) is 3. The maximum atomic E-state index is 12.7. The van der Waals surface area contributed by atoms with Crippen molar-refractivity contribution in [3.05, 3.63) is 53.1 Å². The van der Waals surface area contributed by atoms with Gasteiger partial charge in [-0.3, -0.25) is 4.79 Å². The molecule has 5 nitrogen and oxygen atoms in total. The van der Waals surface area contributed by atoms with Crippen molar-refractivity contribution in [1.82, 2.24) is 5.32 Å². The predicted molar refractivity (Wildman–Crippen MR) is 107 cm³/mol. The minimum absolute atomic E-state index is 0.138. The Morgan fingerprint density at radius 2 is 1.74 bits per heavy atom. The van der Waals surface area contributed by atoms with E-state index in [-0.39, 0.29) is 11.9 Å². The molecule has 0 saturated carbocycles. The number of carbonyl (C=O) groups excluding carboxylic acids is 1. The molecule has 2 atom stereocenters. The number of methoxy groups -OCH3 is 2. The molecule has 0 aliphatic heterocycles. The summed E-state index contributed by atoms with van der Waals surface area (Å²) in [4.78, 5) is 12.7. The van der Waals surface area contributed by atoms with Crippen molar-refractivity contribution < 1.29 is 19.0 Å². The summed E-state index contributed by atoms with van der Waals surface area (Å²) >= 11 is 0. The fourth-order valence-electron chi connectivity index (χ4n) is 2.84. The van der Waals surface area contributed by atoms with Crippen LogP contribution in [0.2, 0.25) is 0 Å². The second-order valence-corrected chi connectivity index (χ2v) is 6.56. The van der Waals surface area contributed by atoms with Crippen molar-refractivity contribution in [3.63, 3.8) is 0 Å². The smallest absolute Gasteiger partial charge is 0.261 e. The number of amides is 1. The number of carbonyl (C=O) groups is 1. The minimum Gasteiger partial charge on any atom is -0.493 e. The molecule has 0 unspecified atom stereocenters. The Labute approximate surface area is 161 Å². The van der Waals surface area contributed by atoms with Gasteiger partial charge in [0.15, 0.2) is 17.6 Å². The van der Waals surface area contributed by atoms with Gasteiger partial charge in [0.05, 0.1) is 20.3 Å². The molecule has 1 amide bonds. The van der Waals surface area contributed by atoms with Gasteiger partial charge in [0, 0.05) is 0 Å². The lowest BCUT2D eigenvalue weighted by molar-refractivity contribution is -0.128. The summed E-state index contributed by atoms with van der Waals surface area (Å²) in [6, 6.07) is 11.3. The molecule has 0 heterocycles. The number of benzene rings is 2. The first-order chi connectivity index (χ1) is 12.9. The molecule has 0 radical (unpaired) electrons. The van der Waals surface area contributed by atoms with E-state index in [4.69, 9.17) is 14.2 Å². The molecule has 5 heteroatoms. The Bertz CT molecular complexity index is 788. The van der Waals surface area contributed by atoms with E-state index in [2.05, 4.69) is 5.32 Å². The highest BCUT2D eigenvalue weighted by Gasteiger charge is 2.22. The first-order valence-electron chi connectivity index (χ1n) is 9.16. The van der Waals surface area contributed by atoms with Gasteiger partial charge < -0.3 is 19.5 Å². The average Bonchev–Trinajstić information content (AvgIpc) is 2.68. The lowest BCUT2D eigenvalue weighted by Crippen LogP contribution is -2.39. The molecule has 146 valence electrons. The van der Waals surface area contributed by atoms with Crippen LogP contribution in [0.4, 0.5) is 0 Å². The normalized spacial score (nSPS) is 12.8. The summed E-state index contributed by atoms with van der Waals surface area (Å²) in [6.45, 7) is 7.91. The number of rotatable bonds is 8. The molecule has 2 rings (SSSR count). The molecular formula is C22H29NO4. The van der Waals surface area contributed by atoms with E-state index < -0.39 is 6.10 Å². The molecule has 2 aromatic rings. The summed E-state index contributed by atoms with van der Waals surface area (Å²) in [5, 5.41) is 3.03. The molecular weight excluding hydrogens is 342 g/mol. The quantitative estimate of drug-likeness (QED) is 0.749. The molecule has 0 spiro atoms. The molecule has 0 fully saturated rings. The maximum absolute atomic E-state index is 12.7. The Morgan fingerprint density at radius 1 is 1.04 bits per heavy atom. The molecule has 0 bridgehead atoms. The third kappa shape index (κ3) is 4.94. The van der Waals surface area contributed by atoms with E-state index in [1.807, 2.05) is 64.1 Å². The molecule has 2 aromatic carbocycles. The lowest BCUT2D eigenvalue weighted by Gasteiger charge is -2.22. The number of hydrogen-bond acceptors (Lipinski definition) is 4. The predicted octanol–water partition coefficient (Wildman–Crippen LogP) is 4.36. The largest absolute Gasteiger partial charge is 0.493 e. The summed E-state index contributed by atoms with van der Waals surface area (Å²) in [6.07, 6.45) is 0.0332. The highest BCUT2D eigenvalue weighted by atomic mass is 16.5. The van der Waals surface area contributed by atoms with Crippen molar-refractivity contribution in [3.8, 4) is 17.2 Å². The van der Waals surface area contributed by atoms with Crippen LogP contribution in [0, 0.1) is 13.8 Å². The van der Waals surface area contributed by atoms with Gasteiger partial charge in [-0.2, -0.15) is 0 Å². The number of nitrogens with one attached hydrogen (secondary N) is 1. The van der Waals surface area contributed by atoms with Crippen LogP contribution in [0.1, 0.15) is 43.0 Å². The summed E-state index contributed by atoms with van der Waals surface area (Å²) in [5.74, 6) is 1.90. The van der Waals surface area contributed by atoms with Gasteiger partial charge in [0.1, 0.15) is 5.75 Å². The summed E-state index contributed by atoms with van der Waals surface area (Å²) in [5.41, 5.74) is 3.13. The summed E-state index contributed by atoms with van der Waals surface area (Å²) < 4.78 is 16.6. The Hall–Kier alpha value is -2.69. The van der Waals surface area contributed by atoms with Crippen LogP contribution in [0.25, 0.3) is 0 Å². The van der Waals surface area contributed by atoms with Crippen LogP contribution in [0.3, 0.4) is 0 Å². The Balaban J connectivity index is 2.10. The zero-order chi connectivity index (χ0) is 20.0. The number of hydrogen-bond donors (Lipinski definition) is 1. The zero-order valence-electron chi connectivity index (χ0n) is 17.0. The number of aryl methyl sites for hydroxylation is 1. The van der Waals surface area contributed by atoms with E-state index >= 15 is 0 Å². The SMILES string of the molecule is CC[C@@H](Oc1cccc(C)c1C)C(=O)N[C@H](C)c1ccc(OC)c(OC)c1. The van der Waals surface area contributed by atoms with Gasteiger partial charge in [0.2, 0.25) is 0 Å². The lowest BCUT2D eigenvalue weighted by atomic mass is 10.1. The highest BCUT2D eigenvalue weighted by Crippen LogP contribution is 2.30. The zero-order valence-corrected chi connectivity index (χ0v) is 17.0. The van der Waals surface area contributed by atoms with E-state index in [9.17, 15) is 4.79 Å². The second-order valence-electron chi connectivity index (χ2n) is 6.56. The summed E-state index contributed by atoms with van der Waals surface area (Å²) in [7, 11) is 3.19. The van der Waals surface area contributed by atoms with E-state index in [0.717, 1.165) is 22.4 Å². The van der Waals surface area contributed by atoms with Gasteiger partial charge in [-0.05, 0) is 62.1 Å². The van der Waals surface area contributed by atoms with Crippen LogP contribution < -0.4 is 19.5 Å². The monoisotopic (exact) mass is 371 g/mol. The standard InChI is InChI=1S/C22H29NO4/c1-7-18(27-19-10-8-9-14(2)15(19)3)22(24)23-16(4)17-11-12-20(25-5)21(13-17)26-6/h8-13,16,18H,7H2,1-6H3,(H,23,24)/t16-,18-/m1/s1. The molecule has 1 N–H and O–H groups in total. The molecule has 0 aliphatic carbocycles. The highest BCUT2D eigenvalue weighted by molar-refractivity contribution is 5.81. The Morgan fingerprint density at radius 3 is 2.37 bits per heavy atom. The Kier molecular flexibility index (Phi) is 7.11. The van der Waals surface area contributed by atoms with Gasteiger partial charge in [-0.15, -0.1) is 0 Å². The maximum Gasteiger partial charge on any atom is 0.261 e. The average molecular weight is 371 g/mol. The molecule has 0 aliphatic rings. The van der Waals surface area contributed by atoms with Crippen molar-refractivity contribution in [2.75, 3.05) is 14.2 Å². The van der Waals surface area contributed by atoms with Crippen LogP contribution in [0.15, 0.2) is 36.4 Å². The van der Waals surface area contributed by atoms with Crippen molar-refractivity contribution in [2.24, 2.45) is 0 Å². The van der Waals surface area contributed by atoms with E-state index in [0.29, 0.717) is 17.9 Å². The van der Waals surface area contributed by atoms with Gasteiger partial charge in [-0.1, -0.05) is 25.1 Å². The van der Waals surface area contributed by atoms with Crippen molar-refractivity contribution in [2.45, 2.75) is 46.3 Å². The minimum atomic E-state index is -0.548. The fourth-order valence-corrected chi connectivity index (χ4v) is 2.84. The van der Waals surface area contributed by atoms with E-state index in [1.165, 1.54) is 0 Å². The molecule has 27 heavy (non-hydrogen) atoms. The van der Waals surface area contributed by atoms with Crippen molar-refractivity contribution >= 4 is 5.91 Å². The van der Waals surface area contributed by atoms with E-state index in [1.54, 1.807) is 14.2 Å². The molecule has 0 saturated heterocycles. The second kappa shape index (κ2) is 9.31.